The molecule has 0 radical (unpaired) electrons. The molecule has 1 aromatic heterocycles. The standard InChI is InChI=1S/C18H21N3O4/c1-3-24-11-12-6-5-7-13(10-12)21-16-14(8-9-19-17(16)22)15(20-21)18(23)25-4-2/h5-7,10H,3-4,8-9,11H2,1-2H3,(H,19,22). The number of fused-ring (bicyclic) bond motifs is 1. The molecule has 3 rings (SSSR count). The quantitative estimate of drug-likeness (QED) is 0.810. The van der Waals surface area contributed by atoms with Crippen LogP contribution in [-0.2, 0) is 22.5 Å². The number of aromatic nitrogens is 2. The number of esters is 1. The van der Waals surface area contributed by atoms with Crippen LogP contribution in [0.5, 0.6) is 0 Å². The molecule has 1 amide bonds. The van der Waals surface area contributed by atoms with Crippen molar-refractivity contribution in [3.8, 4) is 5.69 Å². The number of hydrogen-bond donors (Lipinski definition) is 1. The number of nitrogens with one attached hydrogen (secondary N) is 1. The third-order valence-corrected chi connectivity index (χ3v) is 3.96. The first kappa shape index (κ1) is 17.2. The van der Waals surface area contributed by atoms with Gasteiger partial charge in [0.2, 0.25) is 0 Å². The number of carbonyl (C=O) groups is 2. The molecule has 1 aliphatic heterocycles. The Kier molecular flexibility index (Phi) is 5.14. The molecule has 0 spiro atoms. The maximum Gasteiger partial charge on any atom is 0.359 e. The van der Waals surface area contributed by atoms with E-state index in [4.69, 9.17) is 9.47 Å². The van der Waals surface area contributed by atoms with Crippen molar-refractivity contribution in [3.63, 3.8) is 0 Å². The fourth-order valence-electron chi connectivity index (χ4n) is 2.85. The molecule has 132 valence electrons. The lowest BCUT2D eigenvalue weighted by Crippen LogP contribution is -2.33. The summed E-state index contributed by atoms with van der Waals surface area (Å²) in [5.74, 6) is -0.739. The van der Waals surface area contributed by atoms with Crippen molar-refractivity contribution < 1.29 is 19.1 Å². The van der Waals surface area contributed by atoms with Crippen molar-refractivity contribution in [3.05, 3.63) is 46.8 Å². The molecule has 1 N–H and O–H groups in total. The maximum absolute atomic E-state index is 12.4. The lowest BCUT2D eigenvalue weighted by molar-refractivity contribution is 0.0517. The Hall–Kier alpha value is -2.67. The first-order valence-corrected chi connectivity index (χ1v) is 8.40. The Bertz CT molecular complexity index is 798. The van der Waals surface area contributed by atoms with Gasteiger partial charge in [0.15, 0.2) is 5.69 Å². The van der Waals surface area contributed by atoms with E-state index in [1.807, 2.05) is 31.2 Å². The zero-order chi connectivity index (χ0) is 17.8. The topological polar surface area (TPSA) is 82.5 Å². The summed E-state index contributed by atoms with van der Waals surface area (Å²) in [4.78, 5) is 24.6. The van der Waals surface area contributed by atoms with Gasteiger partial charge < -0.3 is 14.8 Å². The number of nitrogens with zero attached hydrogens (tertiary/aromatic N) is 2. The summed E-state index contributed by atoms with van der Waals surface area (Å²) in [6, 6.07) is 7.57. The van der Waals surface area contributed by atoms with Gasteiger partial charge in [0, 0.05) is 18.7 Å². The Morgan fingerprint density at radius 2 is 2.16 bits per heavy atom. The molecule has 7 heteroatoms. The molecule has 1 aliphatic rings. The predicted molar refractivity (Wildman–Crippen MR) is 90.9 cm³/mol. The zero-order valence-corrected chi connectivity index (χ0v) is 14.4. The molecule has 0 saturated heterocycles. The van der Waals surface area contributed by atoms with Crippen molar-refractivity contribution >= 4 is 11.9 Å². The molecule has 0 fully saturated rings. The largest absolute Gasteiger partial charge is 0.461 e. The Morgan fingerprint density at radius 1 is 1.32 bits per heavy atom. The van der Waals surface area contributed by atoms with Crippen molar-refractivity contribution in [2.45, 2.75) is 26.9 Å². The van der Waals surface area contributed by atoms with Crippen LogP contribution in [0.4, 0.5) is 0 Å². The van der Waals surface area contributed by atoms with Crippen LogP contribution in [0.3, 0.4) is 0 Å². The molecule has 0 bridgehead atoms. The Morgan fingerprint density at radius 3 is 2.92 bits per heavy atom. The highest BCUT2D eigenvalue weighted by atomic mass is 16.5. The number of ether oxygens (including phenoxy) is 2. The van der Waals surface area contributed by atoms with Crippen molar-refractivity contribution in [2.24, 2.45) is 0 Å². The van der Waals surface area contributed by atoms with Gasteiger partial charge in [-0.25, -0.2) is 9.48 Å². The van der Waals surface area contributed by atoms with Crippen molar-refractivity contribution in [1.82, 2.24) is 15.1 Å². The molecule has 0 saturated carbocycles. The molecule has 2 heterocycles. The van der Waals surface area contributed by atoms with Gasteiger partial charge in [-0.05, 0) is 38.0 Å². The minimum absolute atomic E-state index is 0.210. The normalized spacial score (nSPS) is 13.3. The highest BCUT2D eigenvalue weighted by Gasteiger charge is 2.31. The highest BCUT2D eigenvalue weighted by molar-refractivity contribution is 6.00. The van der Waals surface area contributed by atoms with Crippen molar-refractivity contribution in [1.29, 1.82) is 0 Å². The number of benzene rings is 1. The molecule has 0 atom stereocenters. The van der Waals surface area contributed by atoms with Crippen LogP contribution in [0, 0.1) is 0 Å². The third kappa shape index (κ3) is 3.41. The summed E-state index contributed by atoms with van der Waals surface area (Å²) in [6.07, 6.45) is 0.549. The first-order chi connectivity index (χ1) is 12.2. The summed E-state index contributed by atoms with van der Waals surface area (Å²) in [5.41, 5.74) is 2.92. The monoisotopic (exact) mass is 343 g/mol. The van der Waals surface area contributed by atoms with E-state index in [2.05, 4.69) is 10.4 Å². The molecule has 7 nitrogen and oxygen atoms in total. The number of amides is 1. The van der Waals surface area contributed by atoms with E-state index >= 15 is 0 Å². The maximum atomic E-state index is 12.4. The third-order valence-electron chi connectivity index (χ3n) is 3.96. The van der Waals surface area contributed by atoms with Gasteiger partial charge in [0.1, 0.15) is 5.69 Å². The van der Waals surface area contributed by atoms with Gasteiger partial charge in [0.05, 0.1) is 18.9 Å². The predicted octanol–water partition coefficient (Wildman–Crippen LogP) is 1.87. The second kappa shape index (κ2) is 7.48. The van der Waals surface area contributed by atoms with Crippen LogP contribution in [-0.4, -0.2) is 41.4 Å². The lowest BCUT2D eigenvalue weighted by Gasteiger charge is -2.15. The van der Waals surface area contributed by atoms with Gasteiger partial charge >= 0.3 is 5.97 Å². The van der Waals surface area contributed by atoms with Crippen LogP contribution in [0.2, 0.25) is 0 Å². The van der Waals surface area contributed by atoms with E-state index in [0.29, 0.717) is 43.1 Å². The van der Waals surface area contributed by atoms with E-state index in [9.17, 15) is 9.59 Å². The van der Waals surface area contributed by atoms with Gasteiger partial charge in [-0.2, -0.15) is 5.10 Å². The SMILES string of the molecule is CCOCc1cccc(-n2nc(C(=O)OCC)c3c2C(=O)NCC3)c1. The smallest absolute Gasteiger partial charge is 0.359 e. The van der Waals surface area contributed by atoms with Crippen LogP contribution < -0.4 is 5.32 Å². The van der Waals surface area contributed by atoms with Gasteiger partial charge in [-0.1, -0.05) is 12.1 Å². The minimum atomic E-state index is -0.502. The van der Waals surface area contributed by atoms with E-state index in [0.717, 1.165) is 5.56 Å². The fraction of sp³-hybridized carbons (Fsp3) is 0.389. The average Bonchev–Trinajstić information content (AvgIpc) is 3.02. The molecular weight excluding hydrogens is 322 g/mol. The second-order valence-corrected chi connectivity index (χ2v) is 5.62. The molecule has 25 heavy (non-hydrogen) atoms. The number of rotatable bonds is 6. The van der Waals surface area contributed by atoms with Gasteiger partial charge in [0.25, 0.3) is 5.91 Å². The summed E-state index contributed by atoms with van der Waals surface area (Å²) < 4.78 is 12.0. The Balaban J connectivity index is 2.07. The van der Waals surface area contributed by atoms with E-state index < -0.39 is 5.97 Å². The molecular formula is C18H21N3O4. The summed E-state index contributed by atoms with van der Waals surface area (Å²) in [5, 5.41) is 7.20. The number of hydrogen-bond acceptors (Lipinski definition) is 5. The molecule has 1 aromatic carbocycles. The molecule has 2 aromatic rings. The molecule has 0 aliphatic carbocycles. The minimum Gasteiger partial charge on any atom is -0.461 e. The van der Waals surface area contributed by atoms with Gasteiger partial charge in [-0.15, -0.1) is 0 Å². The highest BCUT2D eigenvalue weighted by Crippen LogP contribution is 2.23. The first-order valence-electron chi connectivity index (χ1n) is 8.40. The van der Waals surface area contributed by atoms with Gasteiger partial charge in [-0.3, -0.25) is 4.79 Å². The van der Waals surface area contributed by atoms with Crippen molar-refractivity contribution in [2.75, 3.05) is 19.8 Å². The summed E-state index contributed by atoms with van der Waals surface area (Å²) >= 11 is 0. The zero-order valence-electron chi connectivity index (χ0n) is 14.4. The summed E-state index contributed by atoms with van der Waals surface area (Å²) in [7, 11) is 0. The second-order valence-electron chi connectivity index (χ2n) is 5.62. The van der Waals surface area contributed by atoms with E-state index in [-0.39, 0.29) is 18.2 Å². The lowest BCUT2D eigenvalue weighted by atomic mass is 10.0. The Labute approximate surface area is 145 Å². The van der Waals surface area contributed by atoms with Crippen LogP contribution in [0.25, 0.3) is 5.69 Å². The fourth-order valence-corrected chi connectivity index (χ4v) is 2.85. The van der Waals surface area contributed by atoms with E-state index in [1.165, 1.54) is 4.68 Å². The molecule has 0 unspecified atom stereocenters. The average molecular weight is 343 g/mol. The van der Waals surface area contributed by atoms with Crippen LogP contribution in [0.15, 0.2) is 24.3 Å². The van der Waals surface area contributed by atoms with Crippen LogP contribution in [0.1, 0.15) is 46.0 Å². The summed E-state index contributed by atoms with van der Waals surface area (Å²) in [6.45, 7) is 5.52. The van der Waals surface area contributed by atoms with E-state index in [1.54, 1.807) is 6.92 Å². The number of carbonyl (C=O) groups excluding carboxylic acids is 2. The van der Waals surface area contributed by atoms with Crippen LogP contribution >= 0.6 is 0 Å².